The Morgan fingerprint density at radius 2 is 1.97 bits per heavy atom. The van der Waals surface area contributed by atoms with E-state index in [4.69, 9.17) is 0 Å². The Morgan fingerprint density at radius 1 is 1.17 bits per heavy atom. The highest BCUT2D eigenvalue weighted by molar-refractivity contribution is 5.90. The maximum absolute atomic E-state index is 11.7. The van der Waals surface area contributed by atoms with Crippen molar-refractivity contribution in [2.24, 2.45) is 0 Å². The number of rotatable bonds is 3. The van der Waals surface area contributed by atoms with Crippen molar-refractivity contribution < 1.29 is 9.90 Å². The van der Waals surface area contributed by atoms with Gasteiger partial charge in [-0.2, -0.15) is 0 Å². The molecule has 2 unspecified atom stereocenters. The Hall–Kier alpha value is -2.59. The van der Waals surface area contributed by atoms with E-state index >= 15 is 0 Å². The van der Waals surface area contributed by atoms with E-state index in [2.05, 4.69) is 60.6 Å². The zero-order valence-electron chi connectivity index (χ0n) is 17.4. The number of carbonyl (C=O) groups is 1. The van der Waals surface area contributed by atoms with Crippen LogP contribution in [0.5, 0.6) is 0 Å². The highest BCUT2D eigenvalue weighted by atomic mass is 16.4. The Kier molecular flexibility index (Phi) is 4.11. The van der Waals surface area contributed by atoms with Gasteiger partial charge >= 0.3 is 5.97 Å². The number of aromatic carboxylic acids is 1. The summed E-state index contributed by atoms with van der Waals surface area (Å²) in [5.41, 5.74) is 6.54. The Morgan fingerprint density at radius 3 is 2.72 bits per heavy atom. The van der Waals surface area contributed by atoms with Gasteiger partial charge in [-0.05, 0) is 47.2 Å². The van der Waals surface area contributed by atoms with Gasteiger partial charge in [0.2, 0.25) is 0 Å². The predicted molar refractivity (Wildman–Crippen MR) is 116 cm³/mol. The van der Waals surface area contributed by atoms with Gasteiger partial charge in [0.1, 0.15) is 0 Å². The van der Waals surface area contributed by atoms with Gasteiger partial charge in [0.15, 0.2) is 0 Å². The minimum Gasteiger partial charge on any atom is -0.478 e. The largest absolute Gasteiger partial charge is 0.478 e. The molecule has 1 aromatic heterocycles. The first-order chi connectivity index (χ1) is 13.8. The summed E-state index contributed by atoms with van der Waals surface area (Å²) in [5, 5.41) is 11.0. The van der Waals surface area contributed by atoms with Crippen LogP contribution in [-0.2, 0) is 18.5 Å². The molecule has 29 heavy (non-hydrogen) atoms. The summed E-state index contributed by atoms with van der Waals surface area (Å²) < 4.78 is 2.47. The molecule has 2 aromatic carbocycles. The lowest BCUT2D eigenvalue weighted by molar-refractivity contribution is 0.0694. The Labute approximate surface area is 171 Å². The fourth-order valence-electron chi connectivity index (χ4n) is 5.29. The highest BCUT2D eigenvalue weighted by Gasteiger charge is 2.35. The smallest absolute Gasteiger partial charge is 0.335 e. The molecule has 1 saturated heterocycles. The molecule has 4 nitrogen and oxygen atoms in total. The summed E-state index contributed by atoms with van der Waals surface area (Å²) in [6, 6.07) is 14.6. The van der Waals surface area contributed by atoms with E-state index in [-0.39, 0.29) is 5.41 Å². The summed E-state index contributed by atoms with van der Waals surface area (Å²) in [6.07, 6.45) is 1.25. The lowest BCUT2D eigenvalue weighted by Crippen LogP contribution is -2.26. The van der Waals surface area contributed by atoms with Gasteiger partial charge in [-0.25, -0.2) is 4.79 Å². The van der Waals surface area contributed by atoms with Crippen LogP contribution < -0.4 is 0 Å². The van der Waals surface area contributed by atoms with Crippen molar-refractivity contribution in [1.82, 2.24) is 9.47 Å². The van der Waals surface area contributed by atoms with Crippen LogP contribution in [-0.4, -0.2) is 33.6 Å². The SMILES string of the molecule is CC(C)(C)c1cc(Cn2c3c(c4ccccc42)C2CCN(C3)C2)ccc1C(=O)O. The van der Waals surface area contributed by atoms with Crippen LogP contribution in [0.15, 0.2) is 42.5 Å². The molecule has 2 aliphatic heterocycles. The molecule has 0 spiro atoms. The minimum absolute atomic E-state index is 0.216. The number of aromatic nitrogens is 1. The third kappa shape index (κ3) is 2.98. The molecule has 3 heterocycles. The van der Waals surface area contributed by atoms with E-state index in [0.717, 1.165) is 24.2 Å². The van der Waals surface area contributed by atoms with E-state index in [1.54, 1.807) is 11.6 Å². The van der Waals surface area contributed by atoms with Gasteiger partial charge in [0.05, 0.1) is 5.56 Å². The zero-order chi connectivity index (χ0) is 20.3. The average Bonchev–Trinajstić information content (AvgIpc) is 3.20. The van der Waals surface area contributed by atoms with Crippen molar-refractivity contribution in [2.75, 3.05) is 13.1 Å². The molecule has 4 heteroatoms. The van der Waals surface area contributed by atoms with E-state index < -0.39 is 5.97 Å². The van der Waals surface area contributed by atoms with Crippen LogP contribution in [0.2, 0.25) is 0 Å². The first kappa shape index (κ1) is 18.4. The molecular formula is C25H28N2O2. The zero-order valence-corrected chi connectivity index (χ0v) is 17.4. The molecule has 0 aliphatic carbocycles. The van der Waals surface area contributed by atoms with E-state index in [9.17, 15) is 9.90 Å². The van der Waals surface area contributed by atoms with Gasteiger partial charge in [-0.15, -0.1) is 0 Å². The maximum Gasteiger partial charge on any atom is 0.335 e. The van der Waals surface area contributed by atoms with Crippen LogP contribution in [0.1, 0.15) is 65.9 Å². The molecule has 3 aromatic rings. The molecule has 5 rings (SSSR count). The highest BCUT2D eigenvalue weighted by Crippen LogP contribution is 2.42. The van der Waals surface area contributed by atoms with Gasteiger partial charge in [0, 0.05) is 42.1 Å². The Balaban J connectivity index is 1.64. The number of nitrogens with zero attached hydrogens (tertiary/aromatic N) is 2. The molecule has 150 valence electrons. The summed E-state index contributed by atoms with van der Waals surface area (Å²) >= 11 is 0. The summed E-state index contributed by atoms with van der Waals surface area (Å²) in [5.74, 6) is -0.209. The van der Waals surface area contributed by atoms with Crippen molar-refractivity contribution in [3.8, 4) is 0 Å². The van der Waals surface area contributed by atoms with Crippen LogP contribution >= 0.6 is 0 Å². The number of benzene rings is 2. The normalized spacial score (nSPS) is 20.8. The van der Waals surface area contributed by atoms with Crippen LogP contribution in [0.4, 0.5) is 0 Å². The molecule has 0 saturated carbocycles. The molecule has 0 amide bonds. The van der Waals surface area contributed by atoms with E-state index in [1.165, 1.54) is 36.1 Å². The molecule has 1 fully saturated rings. The number of hydrogen-bond acceptors (Lipinski definition) is 2. The van der Waals surface area contributed by atoms with Crippen molar-refractivity contribution in [3.63, 3.8) is 0 Å². The number of carboxylic acids is 1. The second-order valence-corrected chi connectivity index (χ2v) is 9.62. The van der Waals surface area contributed by atoms with Crippen molar-refractivity contribution >= 4 is 16.9 Å². The third-order valence-electron chi connectivity index (χ3n) is 6.64. The van der Waals surface area contributed by atoms with Gasteiger partial charge in [-0.3, -0.25) is 4.90 Å². The van der Waals surface area contributed by atoms with E-state index in [1.807, 2.05) is 6.07 Å². The fourth-order valence-corrected chi connectivity index (χ4v) is 5.29. The monoisotopic (exact) mass is 388 g/mol. The lowest BCUT2D eigenvalue weighted by Gasteiger charge is -2.25. The van der Waals surface area contributed by atoms with Crippen LogP contribution in [0.3, 0.4) is 0 Å². The molecule has 2 bridgehead atoms. The average molecular weight is 389 g/mol. The summed E-state index contributed by atoms with van der Waals surface area (Å²) in [6.45, 7) is 10.4. The van der Waals surface area contributed by atoms with Crippen molar-refractivity contribution in [1.29, 1.82) is 0 Å². The predicted octanol–water partition coefficient (Wildman–Crippen LogP) is 4.99. The third-order valence-corrected chi connectivity index (χ3v) is 6.64. The topological polar surface area (TPSA) is 45.5 Å². The Bertz CT molecular complexity index is 1120. The number of hydrogen-bond donors (Lipinski definition) is 1. The lowest BCUT2D eigenvalue weighted by atomic mass is 9.82. The summed E-state index contributed by atoms with van der Waals surface area (Å²) in [4.78, 5) is 14.3. The number of para-hydroxylation sites is 1. The maximum atomic E-state index is 11.7. The van der Waals surface area contributed by atoms with Crippen LogP contribution in [0, 0.1) is 0 Å². The van der Waals surface area contributed by atoms with Gasteiger partial charge in [-0.1, -0.05) is 51.1 Å². The first-order valence-corrected chi connectivity index (χ1v) is 10.5. The molecule has 2 aliphatic rings. The second kappa shape index (κ2) is 6.46. The van der Waals surface area contributed by atoms with Gasteiger partial charge in [0.25, 0.3) is 0 Å². The van der Waals surface area contributed by atoms with Crippen molar-refractivity contribution in [2.45, 2.75) is 51.6 Å². The molecule has 2 atom stereocenters. The number of carboxylic acid groups (broad SMARTS) is 1. The standard InChI is InChI=1S/C25H28N2O2/c1-25(2,3)20-12-16(8-9-18(20)24(28)29)13-27-21-7-5-4-6-19(21)23-17-10-11-26(14-17)15-22(23)27/h4-9,12,17H,10-11,13-15H2,1-3H3,(H,28,29). The van der Waals surface area contributed by atoms with Gasteiger partial charge < -0.3 is 9.67 Å². The first-order valence-electron chi connectivity index (χ1n) is 10.5. The summed E-state index contributed by atoms with van der Waals surface area (Å²) in [7, 11) is 0. The molecule has 1 N–H and O–H groups in total. The van der Waals surface area contributed by atoms with Crippen LogP contribution in [0.25, 0.3) is 10.9 Å². The number of fused-ring (bicyclic) bond motifs is 6. The quantitative estimate of drug-likeness (QED) is 0.688. The molecule has 0 radical (unpaired) electrons. The van der Waals surface area contributed by atoms with Crippen molar-refractivity contribution in [3.05, 3.63) is 70.4 Å². The molecular weight excluding hydrogens is 360 g/mol. The minimum atomic E-state index is -0.852. The van der Waals surface area contributed by atoms with E-state index in [0.29, 0.717) is 11.5 Å². The fraction of sp³-hybridized carbons (Fsp3) is 0.400. The second-order valence-electron chi connectivity index (χ2n) is 9.62.